The fourth-order valence-corrected chi connectivity index (χ4v) is 2.33. The molecule has 1 amide bonds. The van der Waals surface area contributed by atoms with Crippen LogP contribution in [0.25, 0.3) is 0 Å². The van der Waals surface area contributed by atoms with Crippen molar-refractivity contribution < 1.29 is 4.79 Å². The summed E-state index contributed by atoms with van der Waals surface area (Å²) in [5.41, 5.74) is 8.10. The first-order valence-electron chi connectivity index (χ1n) is 6.24. The summed E-state index contributed by atoms with van der Waals surface area (Å²) in [6.07, 6.45) is 4.77. The number of carbonyl (C=O) groups excluding carboxylic acids is 1. The third-order valence-electron chi connectivity index (χ3n) is 3.25. The number of aromatic nitrogens is 2. The largest absolute Gasteiger partial charge is 0.320 e. The van der Waals surface area contributed by atoms with E-state index in [4.69, 9.17) is 5.73 Å². The smallest absolute Gasteiger partial charge is 0.242 e. The first-order valence-corrected chi connectivity index (χ1v) is 6.24. The van der Waals surface area contributed by atoms with Gasteiger partial charge < -0.3 is 11.1 Å². The van der Waals surface area contributed by atoms with Crippen molar-refractivity contribution in [3.8, 4) is 0 Å². The molecule has 1 aromatic heterocycles. The number of nitrogens with zero attached hydrogens (tertiary/aromatic N) is 2. The summed E-state index contributed by atoms with van der Waals surface area (Å²) in [5.74, 6) is 0.721. The zero-order valence-corrected chi connectivity index (χ0v) is 10.5. The Hall–Kier alpha value is -1.36. The monoisotopic (exact) mass is 236 g/mol. The third kappa shape index (κ3) is 2.34. The topological polar surface area (TPSA) is 72.9 Å². The van der Waals surface area contributed by atoms with Gasteiger partial charge in [0.05, 0.1) is 11.7 Å². The highest BCUT2D eigenvalue weighted by Gasteiger charge is 2.23. The number of hydrogen-bond acceptors (Lipinski definition) is 3. The van der Waals surface area contributed by atoms with Crippen molar-refractivity contribution in [2.75, 3.05) is 5.32 Å². The molecule has 5 heteroatoms. The second-order valence-electron chi connectivity index (χ2n) is 4.64. The molecule has 0 spiro atoms. The molecule has 1 heterocycles. The van der Waals surface area contributed by atoms with E-state index < -0.39 is 6.04 Å². The van der Waals surface area contributed by atoms with Crippen molar-refractivity contribution in [3.63, 3.8) is 0 Å². The lowest BCUT2D eigenvalue weighted by Gasteiger charge is -2.12. The number of rotatable bonds is 4. The molecule has 1 aliphatic rings. The maximum Gasteiger partial charge on any atom is 0.242 e. The standard InChI is InChI=1S/C12H20N4O/c1-3-5-9(13)12(17)14-11-8-6-4-7-10(8)15-16(11)2/h9H,3-7,13H2,1-2H3,(H,14,17). The molecule has 0 radical (unpaired) electrons. The second-order valence-corrected chi connectivity index (χ2v) is 4.64. The molecule has 0 bridgehead atoms. The van der Waals surface area contributed by atoms with Crippen LogP contribution in [0.15, 0.2) is 0 Å². The lowest BCUT2D eigenvalue weighted by atomic mass is 10.1. The van der Waals surface area contributed by atoms with Crippen LogP contribution in [0.1, 0.15) is 37.4 Å². The van der Waals surface area contributed by atoms with Crippen LogP contribution in [0.4, 0.5) is 5.82 Å². The van der Waals surface area contributed by atoms with Crippen molar-refractivity contribution in [2.24, 2.45) is 12.8 Å². The Bertz CT molecular complexity index is 424. The van der Waals surface area contributed by atoms with Crippen LogP contribution in [-0.4, -0.2) is 21.7 Å². The van der Waals surface area contributed by atoms with Crippen molar-refractivity contribution in [1.82, 2.24) is 9.78 Å². The summed E-state index contributed by atoms with van der Waals surface area (Å²) in [6.45, 7) is 2.02. The first-order chi connectivity index (χ1) is 8.13. The first kappa shape index (κ1) is 12.1. The maximum atomic E-state index is 11.9. The van der Waals surface area contributed by atoms with E-state index in [1.54, 1.807) is 4.68 Å². The van der Waals surface area contributed by atoms with E-state index in [-0.39, 0.29) is 5.91 Å². The predicted molar refractivity (Wildman–Crippen MR) is 66.7 cm³/mol. The van der Waals surface area contributed by atoms with E-state index >= 15 is 0 Å². The molecular weight excluding hydrogens is 216 g/mol. The summed E-state index contributed by atoms with van der Waals surface area (Å²) in [6, 6.07) is -0.424. The fourth-order valence-electron chi connectivity index (χ4n) is 2.33. The van der Waals surface area contributed by atoms with Gasteiger partial charge in [-0.05, 0) is 25.7 Å². The van der Waals surface area contributed by atoms with Crippen LogP contribution >= 0.6 is 0 Å². The van der Waals surface area contributed by atoms with Crippen LogP contribution in [0.2, 0.25) is 0 Å². The molecule has 1 aliphatic carbocycles. The van der Waals surface area contributed by atoms with Gasteiger partial charge in [-0.1, -0.05) is 13.3 Å². The molecule has 5 nitrogen and oxygen atoms in total. The van der Waals surface area contributed by atoms with E-state index in [1.807, 2.05) is 14.0 Å². The van der Waals surface area contributed by atoms with Crippen LogP contribution in [0.5, 0.6) is 0 Å². The van der Waals surface area contributed by atoms with Crippen molar-refractivity contribution in [1.29, 1.82) is 0 Å². The van der Waals surface area contributed by atoms with E-state index in [1.165, 1.54) is 5.56 Å². The average Bonchev–Trinajstić information content (AvgIpc) is 2.82. The number of nitrogens with two attached hydrogens (primary N) is 1. The summed E-state index contributed by atoms with van der Waals surface area (Å²) < 4.78 is 1.75. The third-order valence-corrected chi connectivity index (χ3v) is 3.25. The molecule has 3 N–H and O–H groups in total. The van der Waals surface area contributed by atoms with Crippen molar-refractivity contribution in [2.45, 2.75) is 45.1 Å². The molecule has 1 atom stereocenters. The zero-order chi connectivity index (χ0) is 12.4. The Morgan fingerprint density at radius 3 is 3.06 bits per heavy atom. The highest BCUT2D eigenvalue weighted by molar-refractivity contribution is 5.94. The molecule has 1 unspecified atom stereocenters. The number of aryl methyl sites for hydroxylation is 2. The van der Waals surface area contributed by atoms with Gasteiger partial charge in [-0.15, -0.1) is 0 Å². The van der Waals surface area contributed by atoms with E-state index in [0.717, 1.165) is 37.2 Å². The number of amides is 1. The van der Waals surface area contributed by atoms with E-state index in [0.29, 0.717) is 6.42 Å². The Balaban J connectivity index is 2.11. The zero-order valence-electron chi connectivity index (χ0n) is 10.5. The van der Waals surface area contributed by atoms with Crippen LogP contribution in [0.3, 0.4) is 0 Å². The molecular formula is C12H20N4O. The summed E-state index contributed by atoms with van der Waals surface area (Å²) in [4.78, 5) is 11.9. The van der Waals surface area contributed by atoms with Crippen molar-refractivity contribution in [3.05, 3.63) is 11.3 Å². The van der Waals surface area contributed by atoms with Gasteiger partial charge in [0.2, 0.25) is 5.91 Å². The maximum absolute atomic E-state index is 11.9. The number of nitrogens with one attached hydrogen (secondary N) is 1. The van der Waals surface area contributed by atoms with E-state index in [2.05, 4.69) is 10.4 Å². The summed E-state index contributed by atoms with van der Waals surface area (Å²) in [5, 5.41) is 7.32. The normalized spacial score (nSPS) is 15.7. The second kappa shape index (κ2) is 4.87. The lowest BCUT2D eigenvalue weighted by molar-refractivity contribution is -0.117. The van der Waals surface area contributed by atoms with Gasteiger partial charge >= 0.3 is 0 Å². The van der Waals surface area contributed by atoms with Gasteiger partial charge in [-0.2, -0.15) is 5.10 Å². The van der Waals surface area contributed by atoms with Crippen LogP contribution in [0, 0.1) is 0 Å². The van der Waals surface area contributed by atoms with Crippen LogP contribution < -0.4 is 11.1 Å². The average molecular weight is 236 g/mol. The van der Waals surface area contributed by atoms with Gasteiger partial charge in [0.1, 0.15) is 5.82 Å². The molecule has 1 aromatic rings. The summed E-state index contributed by atoms with van der Waals surface area (Å²) >= 11 is 0. The minimum Gasteiger partial charge on any atom is -0.320 e. The summed E-state index contributed by atoms with van der Waals surface area (Å²) in [7, 11) is 1.86. The highest BCUT2D eigenvalue weighted by Crippen LogP contribution is 2.28. The van der Waals surface area contributed by atoms with Gasteiger partial charge in [-0.3, -0.25) is 9.48 Å². The molecule has 2 rings (SSSR count). The Kier molecular flexibility index (Phi) is 3.47. The fraction of sp³-hybridized carbons (Fsp3) is 0.667. The molecule has 17 heavy (non-hydrogen) atoms. The molecule has 0 aromatic carbocycles. The van der Waals surface area contributed by atoms with Gasteiger partial charge in [0, 0.05) is 12.6 Å². The minimum atomic E-state index is -0.424. The minimum absolute atomic E-state index is 0.107. The SMILES string of the molecule is CCCC(N)C(=O)Nc1c2c(nn1C)CCC2. The molecule has 0 saturated heterocycles. The number of fused-ring (bicyclic) bond motifs is 1. The van der Waals surface area contributed by atoms with E-state index in [9.17, 15) is 4.79 Å². The Labute approximate surface area is 101 Å². The lowest BCUT2D eigenvalue weighted by Crippen LogP contribution is -2.36. The number of anilines is 1. The molecule has 0 aliphatic heterocycles. The Morgan fingerprint density at radius 2 is 2.35 bits per heavy atom. The Morgan fingerprint density at radius 1 is 1.59 bits per heavy atom. The van der Waals surface area contributed by atoms with Gasteiger partial charge in [0.15, 0.2) is 0 Å². The van der Waals surface area contributed by atoms with Crippen molar-refractivity contribution >= 4 is 11.7 Å². The highest BCUT2D eigenvalue weighted by atomic mass is 16.2. The predicted octanol–water partition coefficient (Wildman–Crippen LogP) is 0.975. The van der Waals surface area contributed by atoms with Crippen LogP contribution in [-0.2, 0) is 24.7 Å². The molecule has 0 saturated carbocycles. The van der Waals surface area contributed by atoms with Gasteiger partial charge in [0.25, 0.3) is 0 Å². The molecule has 0 fully saturated rings. The van der Waals surface area contributed by atoms with Gasteiger partial charge in [-0.25, -0.2) is 0 Å². The number of carbonyl (C=O) groups is 1. The number of hydrogen-bond donors (Lipinski definition) is 2. The quantitative estimate of drug-likeness (QED) is 0.818. The molecule has 94 valence electrons.